The van der Waals surface area contributed by atoms with Crippen molar-refractivity contribution in [1.82, 2.24) is 0 Å². The van der Waals surface area contributed by atoms with Gasteiger partial charge >= 0.3 is 0 Å². The summed E-state index contributed by atoms with van der Waals surface area (Å²) in [4.78, 5) is 0. The van der Waals surface area contributed by atoms with Gasteiger partial charge in [0.2, 0.25) is 0 Å². The van der Waals surface area contributed by atoms with Crippen molar-refractivity contribution in [2.45, 2.75) is 12.3 Å². The molecule has 1 heteroatoms. The molecule has 0 amide bonds. The number of nitrogens with two attached hydrogens (primary N) is 1. The number of hydrogen-bond acceptors (Lipinski definition) is 1. The summed E-state index contributed by atoms with van der Waals surface area (Å²) in [6.45, 7) is 0. The van der Waals surface area contributed by atoms with Crippen LogP contribution < -0.4 is 5.73 Å². The molecule has 0 aromatic heterocycles. The number of anilines is 1. The van der Waals surface area contributed by atoms with E-state index in [9.17, 15) is 0 Å². The maximum Gasteiger partial charge on any atom is 0.0352 e. The highest BCUT2D eigenvalue weighted by atomic mass is 14.6. The van der Waals surface area contributed by atoms with Gasteiger partial charge in [-0.1, -0.05) is 42.5 Å². The zero-order chi connectivity index (χ0) is 9.10. The van der Waals surface area contributed by atoms with Gasteiger partial charge in [0.05, 0.1) is 0 Å². The standard InChI is InChI=1S/C12H13N/c13-12-9-5-4-8-11(12)10-6-2-1-3-7-10/h1-6,8-10H,7,13H2/t10-/m0/s1. The lowest BCUT2D eigenvalue weighted by Crippen LogP contribution is -2.00. The van der Waals surface area contributed by atoms with Crippen molar-refractivity contribution in [1.29, 1.82) is 0 Å². The van der Waals surface area contributed by atoms with Crippen molar-refractivity contribution in [3.8, 4) is 0 Å². The van der Waals surface area contributed by atoms with Crippen molar-refractivity contribution in [3.05, 3.63) is 54.1 Å². The summed E-state index contributed by atoms with van der Waals surface area (Å²) in [5.41, 5.74) is 8.03. The quantitative estimate of drug-likeness (QED) is 0.646. The Morgan fingerprint density at radius 1 is 1.15 bits per heavy atom. The number of benzene rings is 1. The van der Waals surface area contributed by atoms with Crippen LogP contribution in [0.3, 0.4) is 0 Å². The van der Waals surface area contributed by atoms with Crippen LogP contribution in [0.4, 0.5) is 5.69 Å². The zero-order valence-corrected chi connectivity index (χ0v) is 7.48. The molecule has 1 aliphatic rings. The van der Waals surface area contributed by atoms with Crippen LogP contribution in [0, 0.1) is 0 Å². The SMILES string of the molecule is Nc1ccccc1[C@H]1C=CC=CC1. The third-order valence-electron chi connectivity index (χ3n) is 2.38. The van der Waals surface area contributed by atoms with Gasteiger partial charge in [-0.2, -0.15) is 0 Å². The summed E-state index contributed by atoms with van der Waals surface area (Å²) < 4.78 is 0. The van der Waals surface area contributed by atoms with E-state index in [0.29, 0.717) is 5.92 Å². The first-order valence-corrected chi connectivity index (χ1v) is 4.55. The lowest BCUT2D eigenvalue weighted by atomic mass is 9.91. The first-order valence-electron chi connectivity index (χ1n) is 4.55. The van der Waals surface area contributed by atoms with E-state index in [1.807, 2.05) is 18.2 Å². The molecule has 2 N–H and O–H groups in total. The maximum absolute atomic E-state index is 5.89. The molecule has 0 saturated carbocycles. The van der Waals surface area contributed by atoms with Gasteiger partial charge in [0.25, 0.3) is 0 Å². The highest BCUT2D eigenvalue weighted by Gasteiger charge is 2.10. The Bertz CT molecular complexity index is 350. The predicted octanol–water partition coefficient (Wildman–Crippen LogP) is 2.87. The Balaban J connectivity index is 2.30. The molecule has 1 atom stereocenters. The van der Waals surface area contributed by atoms with E-state index in [0.717, 1.165) is 12.1 Å². The Morgan fingerprint density at radius 3 is 2.69 bits per heavy atom. The highest BCUT2D eigenvalue weighted by molar-refractivity contribution is 5.50. The van der Waals surface area contributed by atoms with Crippen molar-refractivity contribution in [3.63, 3.8) is 0 Å². The normalized spacial score (nSPS) is 20.5. The monoisotopic (exact) mass is 171 g/mol. The van der Waals surface area contributed by atoms with Crippen LogP contribution in [0.25, 0.3) is 0 Å². The van der Waals surface area contributed by atoms with E-state index in [1.165, 1.54) is 5.56 Å². The highest BCUT2D eigenvalue weighted by Crippen LogP contribution is 2.28. The van der Waals surface area contributed by atoms with Gasteiger partial charge in [0.1, 0.15) is 0 Å². The summed E-state index contributed by atoms with van der Waals surface area (Å²) in [6.07, 6.45) is 9.60. The molecule has 0 heterocycles. The number of nitrogen functional groups attached to an aromatic ring is 1. The van der Waals surface area contributed by atoms with Crippen LogP contribution in [0.5, 0.6) is 0 Å². The van der Waals surface area contributed by atoms with Crippen molar-refractivity contribution >= 4 is 5.69 Å². The van der Waals surface area contributed by atoms with Crippen LogP contribution in [0.15, 0.2) is 48.6 Å². The molecule has 0 unspecified atom stereocenters. The first kappa shape index (κ1) is 8.11. The van der Waals surface area contributed by atoms with E-state index in [1.54, 1.807) is 0 Å². The number of rotatable bonds is 1. The second-order valence-electron chi connectivity index (χ2n) is 3.28. The van der Waals surface area contributed by atoms with E-state index in [4.69, 9.17) is 5.73 Å². The minimum atomic E-state index is 0.464. The van der Waals surface area contributed by atoms with Crippen LogP contribution in [0.1, 0.15) is 17.9 Å². The molecular formula is C12H13N. The second-order valence-corrected chi connectivity index (χ2v) is 3.28. The lowest BCUT2D eigenvalue weighted by Gasteiger charge is -2.15. The summed E-state index contributed by atoms with van der Waals surface area (Å²) in [7, 11) is 0. The van der Waals surface area contributed by atoms with E-state index in [-0.39, 0.29) is 0 Å². The molecule has 2 rings (SSSR count). The lowest BCUT2D eigenvalue weighted by molar-refractivity contribution is 0.857. The average molecular weight is 171 g/mol. The topological polar surface area (TPSA) is 26.0 Å². The minimum absolute atomic E-state index is 0.464. The Hall–Kier alpha value is -1.50. The minimum Gasteiger partial charge on any atom is -0.398 e. The smallest absolute Gasteiger partial charge is 0.0352 e. The van der Waals surface area contributed by atoms with Crippen molar-refractivity contribution in [2.75, 3.05) is 5.73 Å². The first-order chi connectivity index (χ1) is 6.38. The molecule has 1 aromatic carbocycles. The summed E-state index contributed by atoms with van der Waals surface area (Å²) in [5, 5.41) is 0. The fourth-order valence-electron chi connectivity index (χ4n) is 1.66. The molecule has 0 spiro atoms. The van der Waals surface area contributed by atoms with Gasteiger partial charge in [0, 0.05) is 11.6 Å². The van der Waals surface area contributed by atoms with Gasteiger partial charge in [0.15, 0.2) is 0 Å². The van der Waals surface area contributed by atoms with Gasteiger partial charge in [-0.05, 0) is 18.1 Å². The number of allylic oxidation sites excluding steroid dienone is 4. The van der Waals surface area contributed by atoms with Gasteiger partial charge in [-0.25, -0.2) is 0 Å². The fourth-order valence-corrected chi connectivity index (χ4v) is 1.66. The number of para-hydroxylation sites is 1. The molecule has 1 aliphatic carbocycles. The van der Waals surface area contributed by atoms with E-state index >= 15 is 0 Å². The van der Waals surface area contributed by atoms with E-state index < -0.39 is 0 Å². The largest absolute Gasteiger partial charge is 0.398 e. The Kier molecular flexibility index (Phi) is 2.17. The van der Waals surface area contributed by atoms with Crippen LogP contribution in [-0.2, 0) is 0 Å². The van der Waals surface area contributed by atoms with Gasteiger partial charge in [-0.15, -0.1) is 0 Å². The molecule has 0 saturated heterocycles. The summed E-state index contributed by atoms with van der Waals surface area (Å²) in [6, 6.07) is 8.07. The molecule has 0 fully saturated rings. The molecule has 0 aliphatic heterocycles. The number of hydrogen-bond donors (Lipinski definition) is 1. The molecular weight excluding hydrogens is 158 g/mol. The molecule has 1 aromatic rings. The van der Waals surface area contributed by atoms with Gasteiger partial charge < -0.3 is 5.73 Å². The predicted molar refractivity (Wildman–Crippen MR) is 56.5 cm³/mol. The van der Waals surface area contributed by atoms with Gasteiger partial charge in [-0.3, -0.25) is 0 Å². The third-order valence-corrected chi connectivity index (χ3v) is 2.38. The van der Waals surface area contributed by atoms with Crippen LogP contribution >= 0.6 is 0 Å². The Labute approximate surface area is 78.6 Å². The Morgan fingerprint density at radius 2 is 2.00 bits per heavy atom. The van der Waals surface area contributed by atoms with Crippen molar-refractivity contribution in [2.24, 2.45) is 0 Å². The molecule has 13 heavy (non-hydrogen) atoms. The van der Waals surface area contributed by atoms with Crippen molar-refractivity contribution < 1.29 is 0 Å². The average Bonchev–Trinajstić information content (AvgIpc) is 2.20. The third kappa shape index (κ3) is 1.64. The van der Waals surface area contributed by atoms with Crippen LogP contribution in [-0.4, -0.2) is 0 Å². The van der Waals surface area contributed by atoms with Crippen LogP contribution in [0.2, 0.25) is 0 Å². The molecule has 0 bridgehead atoms. The van der Waals surface area contributed by atoms with E-state index in [2.05, 4.69) is 30.4 Å². The molecule has 66 valence electrons. The summed E-state index contributed by atoms with van der Waals surface area (Å²) in [5.74, 6) is 0.464. The zero-order valence-electron chi connectivity index (χ0n) is 7.48. The maximum atomic E-state index is 5.89. The molecule has 0 radical (unpaired) electrons. The molecule has 1 nitrogen and oxygen atoms in total. The summed E-state index contributed by atoms with van der Waals surface area (Å²) >= 11 is 0. The second kappa shape index (κ2) is 3.48. The fraction of sp³-hybridized carbons (Fsp3) is 0.167.